The van der Waals surface area contributed by atoms with Crippen molar-refractivity contribution in [1.29, 1.82) is 0 Å². The van der Waals surface area contributed by atoms with E-state index >= 15 is 0 Å². The second-order valence-electron chi connectivity index (χ2n) is 4.08. The van der Waals surface area contributed by atoms with E-state index in [1.165, 1.54) is 0 Å². The summed E-state index contributed by atoms with van der Waals surface area (Å²) in [6.45, 7) is 3.84. The number of urea groups is 1. The number of rotatable bonds is 4. The molecule has 5 heteroatoms. The van der Waals surface area contributed by atoms with E-state index in [1.54, 1.807) is 31.3 Å². The molecule has 0 aliphatic rings. The molecular weight excluding hydrogens is 230 g/mol. The second kappa shape index (κ2) is 6.64. The summed E-state index contributed by atoms with van der Waals surface area (Å²) in [4.78, 5) is 22.9. The monoisotopic (exact) mass is 249 g/mol. The summed E-state index contributed by atoms with van der Waals surface area (Å²) >= 11 is 0. The first-order chi connectivity index (χ1) is 8.56. The molecule has 5 nitrogen and oxygen atoms in total. The number of hydrogen-bond donors (Lipinski definition) is 3. The molecular formula is C13H19N3O2. The van der Waals surface area contributed by atoms with Crippen LogP contribution in [0.25, 0.3) is 0 Å². The van der Waals surface area contributed by atoms with Gasteiger partial charge in [-0.05, 0) is 24.6 Å². The molecule has 0 aliphatic carbocycles. The summed E-state index contributed by atoms with van der Waals surface area (Å²) < 4.78 is 0. The van der Waals surface area contributed by atoms with E-state index in [0.717, 1.165) is 6.42 Å². The van der Waals surface area contributed by atoms with Gasteiger partial charge in [0.2, 0.25) is 5.91 Å². The lowest BCUT2D eigenvalue weighted by molar-refractivity contribution is -0.119. The minimum atomic E-state index is -0.291. The van der Waals surface area contributed by atoms with Gasteiger partial charge in [0.25, 0.3) is 0 Å². The molecule has 0 radical (unpaired) electrons. The Morgan fingerprint density at radius 3 is 2.39 bits per heavy atom. The van der Waals surface area contributed by atoms with Crippen LogP contribution in [0.15, 0.2) is 24.3 Å². The molecule has 1 aromatic carbocycles. The Balaban J connectivity index is 2.70. The Bertz CT molecular complexity index is 432. The van der Waals surface area contributed by atoms with Crippen LogP contribution in [0.3, 0.4) is 0 Å². The lowest BCUT2D eigenvalue weighted by Gasteiger charge is -2.11. The molecule has 98 valence electrons. The number of hydrogen-bond acceptors (Lipinski definition) is 2. The number of benzene rings is 1. The highest BCUT2D eigenvalue weighted by Crippen LogP contribution is 2.16. The van der Waals surface area contributed by atoms with Crippen molar-refractivity contribution >= 4 is 23.3 Å². The summed E-state index contributed by atoms with van der Waals surface area (Å²) in [5.74, 6) is -0.0462. The maximum absolute atomic E-state index is 11.7. The summed E-state index contributed by atoms with van der Waals surface area (Å²) in [5, 5.41) is 7.92. The summed E-state index contributed by atoms with van der Waals surface area (Å²) in [7, 11) is 1.55. The van der Waals surface area contributed by atoms with Crippen molar-refractivity contribution in [3.8, 4) is 0 Å². The molecule has 0 heterocycles. The largest absolute Gasteiger partial charge is 0.341 e. The van der Waals surface area contributed by atoms with Gasteiger partial charge in [0.15, 0.2) is 0 Å². The molecule has 18 heavy (non-hydrogen) atoms. The average Bonchev–Trinajstić information content (AvgIpc) is 2.37. The van der Waals surface area contributed by atoms with Crippen LogP contribution in [0.5, 0.6) is 0 Å². The second-order valence-corrected chi connectivity index (χ2v) is 4.08. The van der Waals surface area contributed by atoms with Crippen LogP contribution in [-0.4, -0.2) is 19.0 Å². The average molecular weight is 249 g/mol. The van der Waals surface area contributed by atoms with Gasteiger partial charge in [-0.2, -0.15) is 0 Å². The fourth-order valence-electron chi connectivity index (χ4n) is 1.32. The lowest BCUT2D eigenvalue weighted by atomic mass is 10.1. The number of carbonyl (C=O) groups is 2. The molecule has 0 aliphatic heterocycles. The van der Waals surface area contributed by atoms with Crippen molar-refractivity contribution in [2.45, 2.75) is 20.3 Å². The third-order valence-electron chi connectivity index (χ3n) is 2.67. The van der Waals surface area contributed by atoms with Gasteiger partial charge in [0.05, 0.1) is 0 Å². The fourth-order valence-corrected chi connectivity index (χ4v) is 1.32. The quantitative estimate of drug-likeness (QED) is 0.767. The van der Waals surface area contributed by atoms with Crippen LogP contribution in [0.4, 0.5) is 16.2 Å². The predicted molar refractivity (Wildman–Crippen MR) is 72.6 cm³/mol. The van der Waals surface area contributed by atoms with E-state index in [0.29, 0.717) is 11.4 Å². The Morgan fingerprint density at radius 1 is 1.22 bits per heavy atom. The highest BCUT2D eigenvalue weighted by atomic mass is 16.2. The Kier molecular flexibility index (Phi) is 5.17. The van der Waals surface area contributed by atoms with Gasteiger partial charge >= 0.3 is 6.03 Å². The molecule has 0 bridgehead atoms. The third kappa shape index (κ3) is 4.08. The van der Waals surface area contributed by atoms with Crippen molar-refractivity contribution < 1.29 is 9.59 Å². The molecule has 0 saturated heterocycles. The Morgan fingerprint density at radius 2 is 1.83 bits per heavy atom. The molecule has 0 aromatic heterocycles. The highest BCUT2D eigenvalue weighted by molar-refractivity contribution is 5.94. The molecule has 3 amide bonds. The van der Waals surface area contributed by atoms with Crippen molar-refractivity contribution in [2.75, 3.05) is 17.7 Å². The van der Waals surface area contributed by atoms with Crippen LogP contribution in [-0.2, 0) is 4.79 Å². The van der Waals surface area contributed by atoms with Crippen molar-refractivity contribution in [3.63, 3.8) is 0 Å². The third-order valence-corrected chi connectivity index (χ3v) is 2.67. The zero-order valence-corrected chi connectivity index (χ0v) is 10.9. The Labute approximate surface area is 107 Å². The van der Waals surface area contributed by atoms with E-state index in [1.807, 2.05) is 13.8 Å². The van der Waals surface area contributed by atoms with Gasteiger partial charge in [0.1, 0.15) is 0 Å². The topological polar surface area (TPSA) is 70.2 Å². The predicted octanol–water partition coefficient (Wildman–Crippen LogP) is 2.42. The van der Waals surface area contributed by atoms with Gasteiger partial charge in [-0.3, -0.25) is 4.79 Å². The van der Waals surface area contributed by atoms with Crippen LogP contribution in [0, 0.1) is 5.92 Å². The maximum Gasteiger partial charge on any atom is 0.318 e. The lowest BCUT2D eigenvalue weighted by Crippen LogP contribution is -2.24. The first kappa shape index (κ1) is 14.0. The van der Waals surface area contributed by atoms with Crippen LogP contribution < -0.4 is 16.0 Å². The highest BCUT2D eigenvalue weighted by Gasteiger charge is 2.10. The van der Waals surface area contributed by atoms with Gasteiger partial charge < -0.3 is 16.0 Å². The summed E-state index contributed by atoms with van der Waals surface area (Å²) in [6.07, 6.45) is 0.794. The molecule has 3 N–H and O–H groups in total. The number of carbonyl (C=O) groups excluding carboxylic acids is 2. The molecule has 0 fully saturated rings. The first-order valence-electron chi connectivity index (χ1n) is 5.96. The molecule has 1 rings (SSSR count). The van der Waals surface area contributed by atoms with Crippen LogP contribution >= 0.6 is 0 Å². The zero-order chi connectivity index (χ0) is 13.5. The van der Waals surface area contributed by atoms with Gasteiger partial charge in [-0.15, -0.1) is 0 Å². The van der Waals surface area contributed by atoms with Gasteiger partial charge in [0, 0.05) is 24.3 Å². The number of nitrogens with one attached hydrogen (secondary N) is 3. The fraction of sp³-hybridized carbons (Fsp3) is 0.385. The van der Waals surface area contributed by atoms with Crippen molar-refractivity contribution in [2.24, 2.45) is 5.92 Å². The summed E-state index contributed by atoms with van der Waals surface area (Å²) in [6, 6.07) is 6.75. The maximum atomic E-state index is 11.7. The molecule has 0 saturated carbocycles. The molecule has 0 spiro atoms. The van der Waals surface area contributed by atoms with E-state index in [4.69, 9.17) is 0 Å². The van der Waals surface area contributed by atoms with E-state index in [-0.39, 0.29) is 17.9 Å². The van der Waals surface area contributed by atoms with Crippen molar-refractivity contribution in [1.82, 2.24) is 5.32 Å². The van der Waals surface area contributed by atoms with E-state index < -0.39 is 0 Å². The molecule has 1 aromatic rings. The normalized spacial score (nSPS) is 11.5. The smallest absolute Gasteiger partial charge is 0.318 e. The van der Waals surface area contributed by atoms with Gasteiger partial charge in [-0.1, -0.05) is 19.9 Å². The first-order valence-corrected chi connectivity index (χ1v) is 5.96. The summed E-state index contributed by atoms with van der Waals surface area (Å²) in [5.41, 5.74) is 1.31. The minimum absolute atomic E-state index is 0.0189. The number of amides is 3. The minimum Gasteiger partial charge on any atom is -0.341 e. The zero-order valence-electron chi connectivity index (χ0n) is 10.9. The van der Waals surface area contributed by atoms with Crippen LogP contribution in [0.2, 0.25) is 0 Å². The van der Waals surface area contributed by atoms with Crippen LogP contribution in [0.1, 0.15) is 20.3 Å². The number of anilines is 2. The van der Waals surface area contributed by atoms with E-state index in [9.17, 15) is 9.59 Å². The standard InChI is InChI=1S/C13H19N3O2/c1-4-9(2)12(17)15-10-6-5-7-11(8-10)16-13(18)14-3/h5-9H,4H2,1-3H3,(H,15,17)(H2,14,16,18). The SMILES string of the molecule is CCC(C)C(=O)Nc1cccc(NC(=O)NC)c1. The van der Waals surface area contributed by atoms with Crippen molar-refractivity contribution in [3.05, 3.63) is 24.3 Å². The van der Waals surface area contributed by atoms with E-state index in [2.05, 4.69) is 16.0 Å². The Hall–Kier alpha value is -2.04. The molecule has 1 atom stereocenters. The molecule has 1 unspecified atom stereocenters. The van der Waals surface area contributed by atoms with Gasteiger partial charge in [-0.25, -0.2) is 4.79 Å².